The fourth-order valence-electron chi connectivity index (χ4n) is 3.31. The smallest absolute Gasteiger partial charge is 0.317 e. The van der Waals surface area contributed by atoms with E-state index in [0.29, 0.717) is 0 Å². The molecule has 6 nitrogen and oxygen atoms in total. The van der Waals surface area contributed by atoms with Crippen LogP contribution in [-0.4, -0.2) is 71.6 Å². The first-order valence-corrected chi connectivity index (χ1v) is 8.81. The highest BCUT2D eigenvalue weighted by Gasteiger charge is 2.27. The summed E-state index contributed by atoms with van der Waals surface area (Å²) in [6, 6.07) is 0.375. The zero-order valence-electron chi connectivity index (χ0n) is 15.5. The number of carbonyl (C=O) groups excluding carboxylic acids is 1. The molecule has 1 heterocycles. The number of hydrogen-bond acceptors (Lipinski definition) is 4. The number of likely N-dealkylation sites (N-methyl/N-ethyl adjacent to an activating group) is 1. The third kappa shape index (κ3) is 7.81. The van der Waals surface area contributed by atoms with E-state index in [1.54, 1.807) is 0 Å². The second-order valence-electron chi connectivity index (χ2n) is 6.80. The van der Waals surface area contributed by atoms with Gasteiger partial charge in [0.15, 0.2) is 0 Å². The van der Waals surface area contributed by atoms with Crippen molar-refractivity contribution in [1.82, 2.24) is 15.1 Å². The second-order valence-corrected chi connectivity index (χ2v) is 6.80. The maximum Gasteiger partial charge on any atom is 0.317 e. The molecule has 0 aromatic heterocycles. The molecule has 3 unspecified atom stereocenters. The van der Waals surface area contributed by atoms with Gasteiger partial charge in [0.25, 0.3) is 0 Å². The molecule has 1 saturated heterocycles. The van der Waals surface area contributed by atoms with Gasteiger partial charge in [-0.3, -0.25) is 19.4 Å². The van der Waals surface area contributed by atoms with Crippen molar-refractivity contribution >= 4 is 24.3 Å². The third-order valence-corrected chi connectivity index (χ3v) is 4.78. The Morgan fingerprint density at radius 1 is 1.29 bits per heavy atom. The average Bonchev–Trinajstić information content (AvgIpc) is 2.71. The number of carboxylic acids is 1. The van der Waals surface area contributed by atoms with Crippen molar-refractivity contribution in [2.45, 2.75) is 71.0 Å². The zero-order valence-corrected chi connectivity index (χ0v) is 16.3. The number of halogens is 1. The van der Waals surface area contributed by atoms with E-state index in [9.17, 15) is 9.59 Å². The molecule has 3 atom stereocenters. The molecule has 1 rings (SSSR count). The Labute approximate surface area is 152 Å². The van der Waals surface area contributed by atoms with E-state index in [1.807, 2.05) is 25.8 Å². The maximum absolute atomic E-state index is 12.4. The summed E-state index contributed by atoms with van der Waals surface area (Å²) < 4.78 is 0. The molecule has 1 amide bonds. The van der Waals surface area contributed by atoms with Crippen LogP contribution in [-0.2, 0) is 9.59 Å². The molecule has 0 spiro atoms. The van der Waals surface area contributed by atoms with Crippen LogP contribution >= 0.6 is 12.4 Å². The number of amides is 1. The van der Waals surface area contributed by atoms with Gasteiger partial charge in [-0.05, 0) is 53.1 Å². The Morgan fingerprint density at radius 2 is 1.96 bits per heavy atom. The Balaban J connectivity index is 0.00000529. The number of nitrogens with one attached hydrogen (secondary N) is 1. The summed E-state index contributed by atoms with van der Waals surface area (Å²) in [5.41, 5.74) is 0. The first-order valence-electron chi connectivity index (χ1n) is 8.81. The summed E-state index contributed by atoms with van der Waals surface area (Å²) in [5.74, 6) is -0.686. The molecule has 1 aliphatic heterocycles. The van der Waals surface area contributed by atoms with Crippen molar-refractivity contribution in [1.29, 1.82) is 0 Å². The lowest BCUT2D eigenvalue weighted by molar-refractivity contribution is -0.138. The molecule has 1 fully saturated rings. The van der Waals surface area contributed by atoms with Gasteiger partial charge in [0.2, 0.25) is 5.91 Å². The van der Waals surface area contributed by atoms with E-state index in [1.165, 1.54) is 0 Å². The minimum absolute atomic E-state index is 0. The predicted octanol–water partition coefficient (Wildman–Crippen LogP) is 1.97. The van der Waals surface area contributed by atoms with Gasteiger partial charge in [0.05, 0.1) is 12.6 Å². The van der Waals surface area contributed by atoms with Gasteiger partial charge >= 0.3 is 5.97 Å². The van der Waals surface area contributed by atoms with Crippen LogP contribution in [0.4, 0.5) is 0 Å². The van der Waals surface area contributed by atoms with Crippen molar-refractivity contribution in [2.24, 2.45) is 0 Å². The fourth-order valence-corrected chi connectivity index (χ4v) is 3.31. The number of carboxylic acid groups (broad SMARTS) is 1. The summed E-state index contributed by atoms with van der Waals surface area (Å²) in [7, 11) is 1.87. The summed E-state index contributed by atoms with van der Waals surface area (Å²) in [6.07, 6.45) is 4.96. The first-order chi connectivity index (χ1) is 10.8. The normalized spacial score (nSPS) is 21.5. The Hall–Kier alpha value is -0.850. The van der Waals surface area contributed by atoms with Crippen molar-refractivity contribution in [3.05, 3.63) is 0 Å². The molecule has 0 saturated carbocycles. The van der Waals surface area contributed by atoms with Gasteiger partial charge < -0.3 is 10.4 Å². The van der Waals surface area contributed by atoms with Gasteiger partial charge in [-0.15, -0.1) is 12.4 Å². The molecule has 7 heteroatoms. The summed E-state index contributed by atoms with van der Waals surface area (Å²) in [6.45, 7) is 7.95. The lowest BCUT2D eigenvalue weighted by atomic mass is 10.1. The van der Waals surface area contributed by atoms with E-state index < -0.39 is 5.97 Å². The van der Waals surface area contributed by atoms with Gasteiger partial charge in [0, 0.05) is 18.6 Å². The molecule has 0 aromatic carbocycles. The highest BCUT2D eigenvalue weighted by molar-refractivity contribution is 5.85. The number of carbonyl (C=O) groups is 2. The van der Waals surface area contributed by atoms with E-state index in [-0.39, 0.29) is 43.0 Å². The molecule has 2 N–H and O–H groups in total. The minimum Gasteiger partial charge on any atom is -0.480 e. The van der Waals surface area contributed by atoms with Crippen LogP contribution in [0.3, 0.4) is 0 Å². The average molecular weight is 364 g/mol. The molecule has 1 aliphatic rings. The van der Waals surface area contributed by atoms with Crippen LogP contribution in [0.15, 0.2) is 0 Å². The van der Waals surface area contributed by atoms with Crippen molar-refractivity contribution < 1.29 is 14.7 Å². The van der Waals surface area contributed by atoms with E-state index in [0.717, 1.165) is 45.2 Å². The van der Waals surface area contributed by atoms with Gasteiger partial charge in [-0.2, -0.15) is 0 Å². The molecule has 24 heavy (non-hydrogen) atoms. The second kappa shape index (κ2) is 11.7. The number of aliphatic carboxylic acids is 1. The van der Waals surface area contributed by atoms with E-state index in [2.05, 4.69) is 17.1 Å². The van der Waals surface area contributed by atoms with Crippen LogP contribution < -0.4 is 5.32 Å². The van der Waals surface area contributed by atoms with Gasteiger partial charge in [-0.25, -0.2) is 0 Å². The SMILES string of the molecule is CCCC(C)NC(=O)C(C)N1CCCC(N(C)CC(=O)O)CC1.Cl. The Morgan fingerprint density at radius 3 is 2.54 bits per heavy atom. The number of likely N-dealkylation sites (tertiary alicyclic amines) is 1. The summed E-state index contributed by atoms with van der Waals surface area (Å²) in [5, 5.41) is 12.0. The quantitative estimate of drug-likeness (QED) is 0.689. The molecular formula is C17H34ClN3O3. The van der Waals surface area contributed by atoms with Crippen molar-refractivity contribution in [3.63, 3.8) is 0 Å². The lowest BCUT2D eigenvalue weighted by Gasteiger charge is -2.29. The minimum atomic E-state index is -0.786. The molecule has 0 aromatic rings. The van der Waals surface area contributed by atoms with Crippen molar-refractivity contribution in [3.8, 4) is 0 Å². The van der Waals surface area contributed by atoms with Crippen LogP contribution in [0.5, 0.6) is 0 Å². The maximum atomic E-state index is 12.4. The number of hydrogen-bond donors (Lipinski definition) is 2. The topological polar surface area (TPSA) is 72.9 Å². The number of rotatable bonds is 8. The van der Waals surface area contributed by atoms with E-state index >= 15 is 0 Å². The predicted molar refractivity (Wildman–Crippen MR) is 98.7 cm³/mol. The Kier molecular flexibility index (Phi) is 11.2. The van der Waals surface area contributed by atoms with Crippen LogP contribution in [0, 0.1) is 0 Å². The monoisotopic (exact) mass is 363 g/mol. The highest BCUT2D eigenvalue weighted by Crippen LogP contribution is 2.17. The molecule has 0 aliphatic carbocycles. The van der Waals surface area contributed by atoms with Crippen LogP contribution in [0.1, 0.15) is 52.9 Å². The van der Waals surface area contributed by atoms with Crippen LogP contribution in [0.25, 0.3) is 0 Å². The van der Waals surface area contributed by atoms with E-state index in [4.69, 9.17) is 5.11 Å². The largest absolute Gasteiger partial charge is 0.480 e. The third-order valence-electron chi connectivity index (χ3n) is 4.78. The van der Waals surface area contributed by atoms with Crippen LogP contribution in [0.2, 0.25) is 0 Å². The Bertz CT molecular complexity index is 395. The molecule has 0 bridgehead atoms. The number of nitrogens with zero attached hydrogens (tertiary/aromatic N) is 2. The summed E-state index contributed by atoms with van der Waals surface area (Å²) >= 11 is 0. The fraction of sp³-hybridized carbons (Fsp3) is 0.882. The van der Waals surface area contributed by atoms with Crippen molar-refractivity contribution in [2.75, 3.05) is 26.7 Å². The lowest BCUT2D eigenvalue weighted by Crippen LogP contribution is -2.48. The summed E-state index contributed by atoms with van der Waals surface area (Å²) in [4.78, 5) is 27.4. The molecular weight excluding hydrogens is 330 g/mol. The molecule has 0 radical (unpaired) electrons. The standard InChI is InChI=1S/C17H33N3O3.ClH/c1-5-7-13(2)18-17(23)14(3)20-10-6-8-15(9-11-20)19(4)12-16(21)22;/h13-15H,5-12H2,1-4H3,(H,18,23)(H,21,22);1H. The first kappa shape index (κ1) is 23.1. The van der Waals surface area contributed by atoms with Gasteiger partial charge in [0.1, 0.15) is 0 Å². The molecule has 142 valence electrons. The van der Waals surface area contributed by atoms with Gasteiger partial charge in [-0.1, -0.05) is 13.3 Å². The highest BCUT2D eigenvalue weighted by atomic mass is 35.5. The zero-order chi connectivity index (χ0) is 17.4.